The van der Waals surface area contributed by atoms with Gasteiger partial charge in [0.05, 0.1) is 36.8 Å². The van der Waals surface area contributed by atoms with Crippen LogP contribution in [0, 0.1) is 18.4 Å². The van der Waals surface area contributed by atoms with Crippen LogP contribution in [0.15, 0.2) is 48.5 Å². The molecule has 0 aromatic heterocycles. The van der Waals surface area contributed by atoms with Crippen LogP contribution >= 0.6 is 0 Å². The number of quaternary nitrogens is 1. The van der Waals surface area contributed by atoms with E-state index in [0.29, 0.717) is 31.7 Å². The number of hydrogen-bond donors (Lipinski definition) is 3. The highest BCUT2D eigenvalue weighted by Crippen LogP contribution is 2.62. The second kappa shape index (κ2) is 10.6. The summed E-state index contributed by atoms with van der Waals surface area (Å²) in [5, 5.41) is 22.4. The smallest absolute Gasteiger partial charge is 0.379 e. The molecule has 2 aromatic rings. The molecule has 2 aromatic carbocycles. The number of aliphatic carboxylic acids is 1. The zero-order chi connectivity index (χ0) is 28.5. The number of nitrogens with one attached hydrogen (secondary N) is 1. The SMILES string of the molecule is C#COc1ccc(C(=O)O)c(C(=O)NC2CC[N+]23C(=O)C32CC(OCCOc3ccccc3)CCC2C(=O)O)c1. The average Bonchev–Trinajstić information content (AvgIpc) is 3.47. The van der Waals surface area contributed by atoms with E-state index in [4.69, 9.17) is 20.6 Å². The Morgan fingerprint density at radius 3 is 2.45 bits per heavy atom. The van der Waals surface area contributed by atoms with Gasteiger partial charge in [-0.15, -0.1) is 0 Å². The molecule has 11 heteroatoms. The number of amides is 2. The van der Waals surface area contributed by atoms with E-state index in [1.54, 1.807) is 0 Å². The normalized spacial score (nSPS) is 28.3. The molecular formula is C29H29N2O9+. The number of hydrogen-bond acceptors (Lipinski definition) is 7. The van der Waals surface area contributed by atoms with Crippen LogP contribution < -0.4 is 14.8 Å². The molecule has 11 nitrogen and oxygen atoms in total. The predicted molar refractivity (Wildman–Crippen MR) is 138 cm³/mol. The maximum atomic E-state index is 13.6. The Morgan fingerprint density at radius 2 is 1.80 bits per heavy atom. The van der Waals surface area contributed by atoms with Crippen molar-refractivity contribution in [1.82, 2.24) is 5.32 Å². The molecule has 1 aliphatic carbocycles. The van der Waals surface area contributed by atoms with Gasteiger partial charge in [-0.25, -0.2) is 14.1 Å². The van der Waals surface area contributed by atoms with E-state index in [1.165, 1.54) is 18.2 Å². The van der Waals surface area contributed by atoms with Gasteiger partial charge in [0.25, 0.3) is 5.91 Å². The summed E-state index contributed by atoms with van der Waals surface area (Å²) in [5.74, 6) is -3.42. The molecule has 2 amide bonds. The Hall–Kier alpha value is -4.40. The van der Waals surface area contributed by atoms with Crippen molar-refractivity contribution in [2.75, 3.05) is 19.8 Å². The molecule has 5 rings (SSSR count). The van der Waals surface area contributed by atoms with Crippen LogP contribution in [0.2, 0.25) is 0 Å². The molecule has 40 heavy (non-hydrogen) atoms. The topological polar surface area (TPSA) is 148 Å². The van der Waals surface area contributed by atoms with Gasteiger partial charge in [0.15, 0.2) is 6.17 Å². The molecule has 0 radical (unpaired) electrons. The molecule has 2 saturated heterocycles. The average molecular weight is 550 g/mol. The number of fused-ring (bicyclic) bond motifs is 1. The van der Waals surface area contributed by atoms with Crippen molar-refractivity contribution < 1.29 is 48.1 Å². The van der Waals surface area contributed by atoms with E-state index in [0.717, 1.165) is 0 Å². The molecule has 2 spiro atoms. The first-order chi connectivity index (χ1) is 19.2. The third-order valence-electron chi connectivity index (χ3n) is 8.26. The summed E-state index contributed by atoms with van der Waals surface area (Å²) >= 11 is 0. The van der Waals surface area contributed by atoms with Crippen molar-refractivity contribution in [2.24, 2.45) is 5.92 Å². The molecular weight excluding hydrogens is 520 g/mol. The number of carbonyl (C=O) groups excluding carboxylic acids is 2. The number of aromatic carboxylic acids is 1. The van der Waals surface area contributed by atoms with Gasteiger partial charge in [0.1, 0.15) is 30.1 Å². The first-order valence-electron chi connectivity index (χ1n) is 13.0. The lowest BCUT2D eigenvalue weighted by molar-refractivity contribution is -0.874. The van der Waals surface area contributed by atoms with Crippen LogP contribution in [0.4, 0.5) is 0 Å². The fraction of sp³-hybridized carbons (Fsp3) is 0.379. The van der Waals surface area contributed by atoms with Crippen molar-refractivity contribution in [3.8, 4) is 24.0 Å². The minimum absolute atomic E-state index is 0.115. The standard InChI is InChI=1S/C29H28N2O9/c1-2-38-19-8-10-21(26(33)34)22(16-19)25(32)30-24-12-13-31(24)28(37)29(31)17-20(9-11-23(29)27(35)36)40-15-14-39-18-6-4-3-5-7-18/h1,3-8,10,16,20,23-24H,9,11-15,17H2,(H2-,30,32,33,34,35,36)/p+1. The highest BCUT2D eigenvalue weighted by atomic mass is 16.5. The highest BCUT2D eigenvalue weighted by molar-refractivity contribution is 6.05. The predicted octanol–water partition coefficient (Wildman–Crippen LogP) is 2.26. The van der Waals surface area contributed by atoms with Crippen LogP contribution in [0.1, 0.15) is 46.4 Å². The molecule has 1 saturated carbocycles. The molecule has 3 N–H and O–H groups in total. The summed E-state index contributed by atoms with van der Waals surface area (Å²) in [6, 6.07) is 13.1. The van der Waals surface area contributed by atoms with Gasteiger partial charge in [0.2, 0.25) is 5.54 Å². The van der Waals surface area contributed by atoms with Gasteiger partial charge in [-0.3, -0.25) is 9.59 Å². The van der Waals surface area contributed by atoms with Gasteiger partial charge in [-0.1, -0.05) is 24.6 Å². The molecule has 5 atom stereocenters. The van der Waals surface area contributed by atoms with E-state index in [2.05, 4.69) is 5.32 Å². The fourth-order valence-corrected chi connectivity index (χ4v) is 6.36. The zero-order valence-corrected chi connectivity index (χ0v) is 21.6. The molecule has 5 unspecified atom stereocenters. The molecule has 3 fully saturated rings. The third-order valence-corrected chi connectivity index (χ3v) is 8.26. The largest absolute Gasteiger partial charge is 0.491 e. The van der Waals surface area contributed by atoms with Gasteiger partial charge in [0, 0.05) is 6.42 Å². The molecule has 2 heterocycles. The quantitative estimate of drug-likeness (QED) is 0.176. The number of ether oxygens (including phenoxy) is 3. The van der Waals surface area contributed by atoms with Gasteiger partial charge in [-0.05, 0) is 43.2 Å². The van der Waals surface area contributed by atoms with Gasteiger partial charge in [-0.2, -0.15) is 0 Å². The Bertz CT molecular complexity index is 1390. The van der Waals surface area contributed by atoms with E-state index >= 15 is 0 Å². The van der Waals surface area contributed by atoms with Gasteiger partial charge >= 0.3 is 17.8 Å². The number of carboxylic acid groups (broad SMARTS) is 2. The van der Waals surface area contributed by atoms with Crippen molar-refractivity contribution in [1.29, 1.82) is 0 Å². The maximum absolute atomic E-state index is 13.6. The van der Waals surface area contributed by atoms with Crippen molar-refractivity contribution in [3.05, 3.63) is 59.7 Å². The summed E-state index contributed by atoms with van der Waals surface area (Å²) in [6.07, 6.45) is 7.49. The maximum Gasteiger partial charge on any atom is 0.379 e. The second-order valence-electron chi connectivity index (χ2n) is 10.2. The lowest BCUT2D eigenvalue weighted by Crippen LogP contribution is -2.66. The Labute approximate surface area is 230 Å². The number of terminal acetylenes is 1. The minimum Gasteiger partial charge on any atom is -0.491 e. The van der Waals surface area contributed by atoms with Crippen molar-refractivity contribution in [2.45, 2.75) is 43.5 Å². The Kier molecular flexibility index (Phi) is 7.23. The molecule has 3 aliphatic rings. The van der Waals surface area contributed by atoms with E-state index in [-0.39, 0.29) is 52.8 Å². The van der Waals surface area contributed by atoms with Crippen LogP contribution in [-0.2, 0) is 14.3 Å². The summed E-state index contributed by atoms with van der Waals surface area (Å²) in [7, 11) is 0. The summed E-state index contributed by atoms with van der Waals surface area (Å²) in [4.78, 5) is 50.8. The van der Waals surface area contributed by atoms with Crippen LogP contribution in [0.25, 0.3) is 0 Å². The van der Waals surface area contributed by atoms with E-state index < -0.39 is 35.5 Å². The second-order valence-corrected chi connectivity index (χ2v) is 10.2. The first kappa shape index (κ1) is 27.2. The number of nitrogens with zero attached hydrogens (tertiary/aromatic N) is 1. The lowest BCUT2D eigenvalue weighted by atomic mass is 9.75. The first-order valence-corrected chi connectivity index (χ1v) is 13.0. The minimum atomic E-state index is -1.32. The number of para-hydroxylation sites is 1. The summed E-state index contributed by atoms with van der Waals surface area (Å²) in [5.41, 5.74) is -1.64. The van der Waals surface area contributed by atoms with Gasteiger partial charge < -0.3 is 29.7 Å². The van der Waals surface area contributed by atoms with Crippen LogP contribution in [0.3, 0.4) is 0 Å². The highest BCUT2D eigenvalue weighted by Gasteiger charge is 2.91. The summed E-state index contributed by atoms with van der Waals surface area (Å²) in [6.45, 7) is 0.954. The van der Waals surface area contributed by atoms with Crippen molar-refractivity contribution >= 4 is 23.8 Å². The van der Waals surface area contributed by atoms with Crippen molar-refractivity contribution in [3.63, 3.8) is 0 Å². The number of benzene rings is 2. The monoisotopic (exact) mass is 549 g/mol. The van der Waals surface area contributed by atoms with Crippen LogP contribution in [0.5, 0.6) is 11.5 Å². The molecule has 208 valence electrons. The molecule has 0 bridgehead atoms. The lowest BCUT2D eigenvalue weighted by Gasteiger charge is -2.43. The Balaban J connectivity index is 1.30. The summed E-state index contributed by atoms with van der Waals surface area (Å²) < 4.78 is 16.5. The number of carbonyl (C=O) groups is 4. The number of carboxylic acids is 2. The number of rotatable bonds is 10. The Morgan fingerprint density at radius 1 is 1.02 bits per heavy atom. The van der Waals surface area contributed by atoms with E-state index in [9.17, 15) is 29.4 Å². The third kappa shape index (κ3) is 4.45. The van der Waals surface area contributed by atoms with E-state index in [1.807, 2.05) is 36.4 Å². The fourth-order valence-electron chi connectivity index (χ4n) is 6.36. The zero-order valence-electron chi connectivity index (χ0n) is 21.6. The van der Waals surface area contributed by atoms with Crippen LogP contribution in [-0.4, -0.2) is 76.0 Å². The molecule has 2 aliphatic heterocycles.